The van der Waals surface area contributed by atoms with Crippen molar-refractivity contribution in [3.05, 3.63) is 23.9 Å². The topological polar surface area (TPSA) is 85.5 Å². The lowest BCUT2D eigenvalue weighted by Gasteiger charge is -2.21. The Bertz CT molecular complexity index is 518. The number of carbonyl (C=O) groups excluding carboxylic acids is 2. The predicted molar refractivity (Wildman–Crippen MR) is 69.7 cm³/mol. The van der Waals surface area contributed by atoms with E-state index < -0.39 is 11.4 Å². The monoisotopic (exact) mass is 263 g/mol. The summed E-state index contributed by atoms with van der Waals surface area (Å²) < 4.78 is 4.67. The number of amides is 1. The molecule has 1 aliphatic heterocycles. The van der Waals surface area contributed by atoms with Crippen molar-refractivity contribution in [2.75, 3.05) is 25.1 Å². The van der Waals surface area contributed by atoms with Gasteiger partial charge in [0, 0.05) is 19.3 Å². The van der Waals surface area contributed by atoms with Gasteiger partial charge in [0.15, 0.2) is 0 Å². The van der Waals surface area contributed by atoms with E-state index in [1.807, 2.05) is 11.8 Å². The van der Waals surface area contributed by atoms with E-state index in [0.29, 0.717) is 30.9 Å². The fraction of sp³-hybridized carbons (Fsp3) is 0.462. The molecule has 1 amide bonds. The summed E-state index contributed by atoms with van der Waals surface area (Å²) in [5.41, 5.74) is 5.32. The third-order valence-corrected chi connectivity index (χ3v) is 3.56. The second-order valence-corrected chi connectivity index (χ2v) is 4.99. The molecule has 1 fully saturated rings. The Balaban J connectivity index is 2.20. The van der Waals surface area contributed by atoms with Gasteiger partial charge in [-0.3, -0.25) is 4.79 Å². The van der Waals surface area contributed by atoms with Crippen molar-refractivity contribution in [1.29, 1.82) is 0 Å². The molecule has 1 aromatic rings. The normalized spacial score (nSPS) is 22.3. The van der Waals surface area contributed by atoms with E-state index in [0.717, 1.165) is 0 Å². The maximum atomic E-state index is 11.5. The Morgan fingerprint density at radius 1 is 1.53 bits per heavy atom. The number of nitrogens with zero attached hydrogens (tertiary/aromatic N) is 2. The fourth-order valence-electron chi connectivity index (χ4n) is 2.19. The summed E-state index contributed by atoms with van der Waals surface area (Å²) in [7, 11) is 1.34. The van der Waals surface area contributed by atoms with Crippen molar-refractivity contribution < 1.29 is 14.3 Å². The smallest absolute Gasteiger partial charge is 0.338 e. The second kappa shape index (κ2) is 4.87. The third-order valence-electron chi connectivity index (χ3n) is 3.56. The first kappa shape index (κ1) is 13.3. The quantitative estimate of drug-likeness (QED) is 0.806. The van der Waals surface area contributed by atoms with Crippen molar-refractivity contribution in [3.63, 3.8) is 0 Å². The SMILES string of the molecule is COC(=O)c1ccnc(N2CCC(C)(C(N)=O)C2)c1. The number of anilines is 1. The molecule has 6 nitrogen and oxygen atoms in total. The molecule has 0 aliphatic carbocycles. The number of aromatic nitrogens is 1. The largest absolute Gasteiger partial charge is 0.465 e. The Morgan fingerprint density at radius 2 is 2.26 bits per heavy atom. The molecule has 19 heavy (non-hydrogen) atoms. The summed E-state index contributed by atoms with van der Waals surface area (Å²) in [6.07, 6.45) is 2.24. The molecule has 0 bridgehead atoms. The molecular weight excluding hydrogens is 246 g/mol. The van der Waals surface area contributed by atoms with Crippen LogP contribution in [0.1, 0.15) is 23.7 Å². The van der Waals surface area contributed by atoms with Gasteiger partial charge in [-0.1, -0.05) is 0 Å². The molecule has 102 valence electrons. The Kier molecular flexibility index (Phi) is 3.42. The van der Waals surface area contributed by atoms with Gasteiger partial charge in [0.05, 0.1) is 18.1 Å². The summed E-state index contributed by atoms with van der Waals surface area (Å²) in [4.78, 5) is 29.1. The lowest BCUT2D eigenvalue weighted by Crippen LogP contribution is -2.37. The van der Waals surface area contributed by atoms with Crippen LogP contribution in [0.5, 0.6) is 0 Å². The van der Waals surface area contributed by atoms with Gasteiger partial charge in [-0.05, 0) is 25.5 Å². The number of pyridine rings is 1. The molecule has 2 rings (SSSR count). The Morgan fingerprint density at radius 3 is 2.84 bits per heavy atom. The molecule has 1 aromatic heterocycles. The van der Waals surface area contributed by atoms with Crippen molar-refractivity contribution in [2.24, 2.45) is 11.1 Å². The average Bonchev–Trinajstić information content (AvgIpc) is 2.82. The summed E-state index contributed by atoms with van der Waals surface area (Å²) in [5, 5.41) is 0. The van der Waals surface area contributed by atoms with Crippen LogP contribution in [0.25, 0.3) is 0 Å². The Hall–Kier alpha value is -2.11. The highest BCUT2D eigenvalue weighted by Gasteiger charge is 2.39. The number of hydrogen-bond donors (Lipinski definition) is 1. The molecule has 0 radical (unpaired) electrons. The number of rotatable bonds is 3. The number of methoxy groups -OCH3 is 1. The van der Waals surface area contributed by atoms with Gasteiger partial charge in [0.2, 0.25) is 5.91 Å². The molecule has 1 unspecified atom stereocenters. The van der Waals surface area contributed by atoms with Gasteiger partial charge < -0.3 is 15.4 Å². The molecule has 6 heteroatoms. The third kappa shape index (κ3) is 2.52. The minimum atomic E-state index is -0.539. The summed E-state index contributed by atoms with van der Waals surface area (Å²) in [6, 6.07) is 3.26. The molecule has 0 saturated carbocycles. The minimum absolute atomic E-state index is 0.306. The van der Waals surface area contributed by atoms with Crippen LogP contribution in [0.15, 0.2) is 18.3 Å². The van der Waals surface area contributed by atoms with Crippen LogP contribution in [0.4, 0.5) is 5.82 Å². The van der Waals surface area contributed by atoms with Crippen molar-refractivity contribution >= 4 is 17.7 Å². The van der Waals surface area contributed by atoms with E-state index in [2.05, 4.69) is 9.72 Å². The van der Waals surface area contributed by atoms with Gasteiger partial charge in [-0.25, -0.2) is 9.78 Å². The zero-order valence-corrected chi connectivity index (χ0v) is 11.0. The number of hydrogen-bond acceptors (Lipinski definition) is 5. The zero-order valence-electron chi connectivity index (χ0n) is 11.0. The van der Waals surface area contributed by atoms with E-state index in [1.54, 1.807) is 18.3 Å². The van der Waals surface area contributed by atoms with Crippen LogP contribution < -0.4 is 10.6 Å². The van der Waals surface area contributed by atoms with Crippen LogP contribution in [0, 0.1) is 5.41 Å². The molecule has 0 spiro atoms. The molecule has 2 heterocycles. The number of nitrogens with two attached hydrogens (primary N) is 1. The van der Waals surface area contributed by atoms with Gasteiger partial charge in [0.25, 0.3) is 0 Å². The first-order valence-corrected chi connectivity index (χ1v) is 6.05. The molecule has 0 aromatic carbocycles. The lowest BCUT2D eigenvalue weighted by molar-refractivity contribution is -0.125. The van der Waals surface area contributed by atoms with Crippen LogP contribution >= 0.6 is 0 Å². The number of esters is 1. The first-order chi connectivity index (χ1) is 8.96. The second-order valence-electron chi connectivity index (χ2n) is 4.99. The van der Waals surface area contributed by atoms with Gasteiger partial charge >= 0.3 is 5.97 Å². The predicted octanol–water partition coefficient (Wildman–Crippen LogP) is 0.570. The number of carbonyl (C=O) groups is 2. The van der Waals surface area contributed by atoms with Crippen LogP contribution in [-0.2, 0) is 9.53 Å². The Labute approximate surface area is 111 Å². The van der Waals surface area contributed by atoms with Crippen LogP contribution in [-0.4, -0.2) is 37.1 Å². The van der Waals surface area contributed by atoms with E-state index in [9.17, 15) is 9.59 Å². The molecule has 1 saturated heterocycles. The highest BCUT2D eigenvalue weighted by atomic mass is 16.5. The van der Waals surface area contributed by atoms with E-state index in [-0.39, 0.29) is 5.91 Å². The highest BCUT2D eigenvalue weighted by molar-refractivity contribution is 5.90. The molecule has 2 N–H and O–H groups in total. The minimum Gasteiger partial charge on any atom is -0.465 e. The summed E-state index contributed by atoms with van der Waals surface area (Å²) in [5.74, 6) is -0.0486. The standard InChI is InChI=1S/C13H17N3O3/c1-13(12(14)18)4-6-16(8-13)10-7-9(3-5-15-10)11(17)19-2/h3,5,7H,4,6,8H2,1-2H3,(H2,14,18). The average molecular weight is 263 g/mol. The van der Waals surface area contributed by atoms with Gasteiger partial charge in [-0.15, -0.1) is 0 Å². The maximum Gasteiger partial charge on any atom is 0.338 e. The van der Waals surface area contributed by atoms with Crippen molar-refractivity contribution in [3.8, 4) is 0 Å². The van der Waals surface area contributed by atoms with Gasteiger partial charge in [-0.2, -0.15) is 0 Å². The van der Waals surface area contributed by atoms with Crippen LogP contribution in [0.3, 0.4) is 0 Å². The van der Waals surface area contributed by atoms with Crippen LogP contribution in [0.2, 0.25) is 0 Å². The molecular formula is C13H17N3O3. The van der Waals surface area contributed by atoms with Crippen molar-refractivity contribution in [1.82, 2.24) is 4.98 Å². The van der Waals surface area contributed by atoms with E-state index >= 15 is 0 Å². The number of ether oxygens (including phenoxy) is 1. The zero-order chi connectivity index (χ0) is 14.0. The summed E-state index contributed by atoms with van der Waals surface area (Å²) in [6.45, 7) is 3.05. The van der Waals surface area contributed by atoms with Gasteiger partial charge in [0.1, 0.15) is 5.82 Å². The molecule has 1 aliphatic rings. The molecule has 1 atom stereocenters. The fourth-order valence-corrected chi connectivity index (χ4v) is 2.19. The number of primary amides is 1. The maximum absolute atomic E-state index is 11.5. The van der Waals surface area contributed by atoms with Crippen molar-refractivity contribution in [2.45, 2.75) is 13.3 Å². The first-order valence-electron chi connectivity index (χ1n) is 6.05. The summed E-state index contributed by atoms with van der Waals surface area (Å²) >= 11 is 0. The lowest BCUT2D eigenvalue weighted by atomic mass is 9.89. The van der Waals surface area contributed by atoms with E-state index in [4.69, 9.17) is 5.73 Å². The van der Waals surface area contributed by atoms with E-state index in [1.165, 1.54) is 7.11 Å². The highest BCUT2D eigenvalue weighted by Crippen LogP contribution is 2.32.